The molecule has 9 nitrogen and oxygen atoms in total. The van der Waals surface area contributed by atoms with Crippen molar-refractivity contribution in [3.63, 3.8) is 0 Å². The zero-order valence-electron chi connectivity index (χ0n) is 21.9. The molecule has 14 heteroatoms. The lowest BCUT2D eigenvalue weighted by Crippen LogP contribution is -2.49. The summed E-state index contributed by atoms with van der Waals surface area (Å²) in [7, 11) is 0. The Morgan fingerprint density at radius 1 is 1.02 bits per heavy atom. The molecular formula is C27H29BrCl4N6O3. The van der Waals surface area contributed by atoms with Crippen molar-refractivity contribution in [1.82, 2.24) is 15.2 Å². The molecule has 1 unspecified atom stereocenters. The molecule has 3 aromatic rings. The summed E-state index contributed by atoms with van der Waals surface area (Å²) < 4.78 is 0.919. The summed E-state index contributed by atoms with van der Waals surface area (Å²) in [5.41, 5.74) is 2.92. The van der Waals surface area contributed by atoms with E-state index in [1.54, 1.807) is 42.2 Å². The first-order chi connectivity index (χ1) is 18.6. The molecule has 0 radical (unpaired) electrons. The van der Waals surface area contributed by atoms with Gasteiger partial charge in [0.05, 0.1) is 11.3 Å². The Bertz CT molecular complexity index is 1360. The monoisotopic (exact) mass is 704 g/mol. The molecule has 4 rings (SSSR count). The molecule has 41 heavy (non-hydrogen) atoms. The van der Waals surface area contributed by atoms with E-state index in [4.69, 9.17) is 29.0 Å². The van der Waals surface area contributed by atoms with Crippen LogP contribution in [0.5, 0.6) is 0 Å². The SMILES string of the molecule is CC1(Cc2ccc(Br)cc2)C(=O)N(c2cc(Cl)cc(Cl)c2)C(=O)N1CCCCNC(=O)c1ccc(NN)nc1.Cl.Cl. The van der Waals surface area contributed by atoms with Crippen LogP contribution in [-0.4, -0.2) is 46.4 Å². The van der Waals surface area contributed by atoms with E-state index in [1.807, 2.05) is 24.3 Å². The fraction of sp³-hybridized carbons (Fsp3) is 0.259. The summed E-state index contributed by atoms with van der Waals surface area (Å²) in [6, 6.07) is 15.1. The average Bonchev–Trinajstić information content (AvgIpc) is 3.09. The van der Waals surface area contributed by atoms with Crippen LogP contribution in [0.2, 0.25) is 10.0 Å². The first-order valence-corrected chi connectivity index (χ1v) is 13.7. The quantitative estimate of drug-likeness (QED) is 0.0991. The molecule has 220 valence electrons. The van der Waals surface area contributed by atoms with Gasteiger partial charge in [0.2, 0.25) is 0 Å². The smallest absolute Gasteiger partial charge is 0.332 e. The van der Waals surface area contributed by atoms with E-state index in [1.165, 1.54) is 6.20 Å². The number of unbranched alkanes of at least 4 members (excludes halogenated alkanes) is 1. The Hall–Kier alpha value is -2.60. The normalized spacial score (nSPS) is 16.2. The number of carbonyl (C=O) groups is 3. The molecule has 0 bridgehead atoms. The summed E-state index contributed by atoms with van der Waals surface area (Å²) in [5, 5.41) is 3.50. The minimum absolute atomic E-state index is 0. The van der Waals surface area contributed by atoms with Gasteiger partial charge in [-0.3, -0.25) is 9.59 Å². The lowest BCUT2D eigenvalue weighted by molar-refractivity contribution is -0.124. The minimum Gasteiger partial charge on any atom is -0.352 e. The Morgan fingerprint density at radius 2 is 1.68 bits per heavy atom. The van der Waals surface area contributed by atoms with Gasteiger partial charge in [-0.15, -0.1) is 24.8 Å². The Kier molecular flexibility index (Phi) is 12.7. The van der Waals surface area contributed by atoms with E-state index in [9.17, 15) is 14.4 Å². The molecule has 4 amide bonds. The van der Waals surface area contributed by atoms with Crippen LogP contribution in [0.15, 0.2) is 65.3 Å². The zero-order valence-corrected chi connectivity index (χ0v) is 26.6. The number of carbonyl (C=O) groups excluding carboxylic acids is 3. The molecule has 1 fully saturated rings. The van der Waals surface area contributed by atoms with Crippen LogP contribution in [-0.2, 0) is 11.2 Å². The van der Waals surface area contributed by atoms with Crippen molar-refractivity contribution < 1.29 is 14.4 Å². The molecule has 0 aliphatic carbocycles. The largest absolute Gasteiger partial charge is 0.352 e. The van der Waals surface area contributed by atoms with Crippen LogP contribution in [0.3, 0.4) is 0 Å². The van der Waals surface area contributed by atoms with Crippen molar-refractivity contribution >= 4 is 93.3 Å². The van der Waals surface area contributed by atoms with Crippen molar-refractivity contribution in [2.45, 2.75) is 31.7 Å². The van der Waals surface area contributed by atoms with Crippen LogP contribution in [0, 0.1) is 0 Å². The Labute approximate surface area is 269 Å². The number of nitrogens with one attached hydrogen (secondary N) is 2. The molecule has 1 saturated heterocycles. The van der Waals surface area contributed by atoms with Gasteiger partial charge < -0.3 is 15.6 Å². The van der Waals surface area contributed by atoms with Crippen molar-refractivity contribution in [2.75, 3.05) is 23.4 Å². The summed E-state index contributed by atoms with van der Waals surface area (Å²) in [6.07, 6.45) is 2.92. The highest BCUT2D eigenvalue weighted by Crippen LogP contribution is 2.37. The Morgan fingerprint density at radius 3 is 2.27 bits per heavy atom. The number of nitrogens with two attached hydrogens (primary N) is 1. The predicted molar refractivity (Wildman–Crippen MR) is 170 cm³/mol. The standard InChI is InChI=1S/C27H27BrCl2N6O3.2ClH/c1-27(15-17-4-7-19(28)8-5-17)25(38)36(22-13-20(29)12-21(30)14-22)26(39)35(27)11-3-2-10-32-24(37)18-6-9-23(34-31)33-16-18;;/h4-9,12-14,16H,2-3,10-11,15,31H2,1H3,(H,32,37)(H,33,34);2*1H. The highest BCUT2D eigenvalue weighted by Gasteiger charge is 2.54. The van der Waals surface area contributed by atoms with E-state index in [-0.39, 0.29) is 36.6 Å². The van der Waals surface area contributed by atoms with Crippen LogP contribution < -0.4 is 21.5 Å². The second kappa shape index (κ2) is 15.0. The molecule has 0 spiro atoms. The van der Waals surface area contributed by atoms with Crippen LogP contribution >= 0.6 is 63.9 Å². The third kappa shape index (κ3) is 8.03. The number of imide groups is 1. The third-order valence-corrected chi connectivity index (χ3v) is 7.48. The maximum Gasteiger partial charge on any atom is 0.332 e. The highest BCUT2D eigenvalue weighted by atomic mass is 79.9. The first kappa shape index (κ1) is 34.6. The Balaban J connectivity index is 0.00000294. The lowest BCUT2D eigenvalue weighted by atomic mass is 9.91. The van der Waals surface area contributed by atoms with Crippen molar-refractivity contribution in [1.29, 1.82) is 0 Å². The van der Waals surface area contributed by atoms with Gasteiger partial charge in [0.1, 0.15) is 11.4 Å². The van der Waals surface area contributed by atoms with Gasteiger partial charge in [-0.1, -0.05) is 51.3 Å². The number of benzene rings is 2. The maximum absolute atomic E-state index is 13.8. The number of halogens is 5. The number of nitrogens with zero attached hydrogens (tertiary/aromatic N) is 3. The number of pyridine rings is 1. The second-order valence-corrected chi connectivity index (χ2v) is 11.1. The summed E-state index contributed by atoms with van der Waals surface area (Å²) in [6.45, 7) is 2.48. The first-order valence-electron chi connectivity index (χ1n) is 12.2. The summed E-state index contributed by atoms with van der Waals surface area (Å²) in [5.74, 6) is 5.14. The molecular weight excluding hydrogens is 678 g/mol. The van der Waals surface area contributed by atoms with E-state index >= 15 is 0 Å². The average molecular weight is 707 g/mol. The number of nitrogen functional groups attached to an aromatic ring is 1. The molecule has 4 N–H and O–H groups in total. The van der Waals surface area contributed by atoms with E-state index in [2.05, 4.69) is 31.7 Å². The number of urea groups is 1. The molecule has 2 heterocycles. The molecule has 2 aromatic carbocycles. The fourth-order valence-electron chi connectivity index (χ4n) is 4.50. The number of rotatable bonds is 10. The summed E-state index contributed by atoms with van der Waals surface area (Å²) in [4.78, 5) is 46.6. The molecule has 1 aliphatic heterocycles. The third-order valence-electron chi connectivity index (χ3n) is 6.52. The van der Waals surface area contributed by atoms with Gasteiger partial charge in [0, 0.05) is 40.2 Å². The number of anilines is 2. The molecule has 0 saturated carbocycles. The second-order valence-electron chi connectivity index (χ2n) is 9.32. The number of amides is 4. The van der Waals surface area contributed by atoms with Crippen LogP contribution in [0.25, 0.3) is 0 Å². The zero-order chi connectivity index (χ0) is 28.2. The number of aromatic nitrogens is 1. The summed E-state index contributed by atoms with van der Waals surface area (Å²) >= 11 is 15.8. The molecule has 1 aromatic heterocycles. The number of hydrazine groups is 1. The minimum atomic E-state index is -1.13. The van der Waals surface area contributed by atoms with E-state index in [0.717, 1.165) is 14.9 Å². The van der Waals surface area contributed by atoms with E-state index < -0.39 is 11.6 Å². The number of hydrogen-bond acceptors (Lipinski definition) is 6. The van der Waals surface area contributed by atoms with Gasteiger partial charge >= 0.3 is 6.03 Å². The van der Waals surface area contributed by atoms with Gasteiger partial charge in [-0.25, -0.2) is 20.5 Å². The van der Waals surface area contributed by atoms with E-state index in [0.29, 0.717) is 59.5 Å². The van der Waals surface area contributed by atoms with Crippen LogP contribution in [0.4, 0.5) is 16.3 Å². The molecule has 1 aliphatic rings. The van der Waals surface area contributed by atoms with Gasteiger partial charge in [-0.05, 0) is 67.8 Å². The molecule has 1 atom stereocenters. The van der Waals surface area contributed by atoms with Crippen LogP contribution in [0.1, 0.15) is 35.7 Å². The fourth-order valence-corrected chi connectivity index (χ4v) is 5.28. The van der Waals surface area contributed by atoms with Crippen molar-refractivity contribution in [3.05, 3.63) is 86.4 Å². The van der Waals surface area contributed by atoms with Crippen molar-refractivity contribution in [3.8, 4) is 0 Å². The van der Waals surface area contributed by atoms with Gasteiger partial charge in [0.15, 0.2) is 0 Å². The predicted octanol–water partition coefficient (Wildman–Crippen LogP) is 6.26. The topological polar surface area (TPSA) is 121 Å². The van der Waals surface area contributed by atoms with Crippen molar-refractivity contribution in [2.24, 2.45) is 5.84 Å². The highest BCUT2D eigenvalue weighted by molar-refractivity contribution is 9.10. The maximum atomic E-state index is 13.8. The van der Waals surface area contributed by atoms with Gasteiger partial charge in [0.25, 0.3) is 11.8 Å². The lowest BCUT2D eigenvalue weighted by Gasteiger charge is -2.32. The number of hydrogen-bond donors (Lipinski definition) is 3. The van der Waals surface area contributed by atoms with Gasteiger partial charge in [-0.2, -0.15) is 0 Å².